The molecule has 2 heterocycles. The summed E-state index contributed by atoms with van der Waals surface area (Å²) in [5, 5.41) is 14.7. The summed E-state index contributed by atoms with van der Waals surface area (Å²) >= 11 is 1.66. The maximum atomic E-state index is 11.9. The second kappa shape index (κ2) is 9.18. The van der Waals surface area contributed by atoms with Gasteiger partial charge in [0.1, 0.15) is 5.82 Å². The lowest BCUT2D eigenvalue weighted by Gasteiger charge is -2.11. The molecule has 3 N–H and O–H groups in total. The number of anilines is 1. The Morgan fingerprint density at radius 1 is 1.60 bits per heavy atom. The van der Waals surface area contributed by atoms with Gasteiger partial charge in [-0.05, 0) is 37.1 Å². The van der Waals surface area contributed by atoms with Gasteiger partial charge in [0, 0.05) is 17.7 Å². The minimum absolute atomic E-state index is 0. The van der Waals surface area contributed by atoms with Crippen LogP contribution in [0, 0.1) is 0 Å². The van der Waals surface area contributed by atoms with Crippen molar-refractivity contribution >= 4 is 35.9 Å². The Kier molecular flexibility index (Phi) is 7.91. The van der Waals surface area contributed by atoms with Crippen LogP contribution in [0.15, 0.2) is 18.3 Å². The summed E-state index contributed by atoms with van der Waals surface area (Å²) in [5.41, 5.74) is 1.10. The second-order valence-electron chi connectivity index (χ2n) is 4.46. The number of amides is 1. The van der Waals surface area contributed by atoms with Gasteiger partial charge in [-0.1, -0.05) is 0 Å². The fourth-order valence-corrected chi connectivity index (χ4v) is 2.70. The van der Waals surface area contributed by atoms with Crippen LogP contribution in [0.5, 0.6) is 0 Å². The van der Waals surface area contributed by atoms with E-state index < -0.39 is 0 Å². The first-order valence-corrected chi connectivity index (χ1v) is 7.63. The number of nitrogens with one attached hydrogen (secondary N) is 2. The van der Waals surface area contributed by atoms with Gasteiger partial charge in [-0.25, -0.2) is 4.98 Å². The quantitative estimate of drug-likeness (QED) is 0.692. The van der Waals surface area contributed by atoms with Crippen LogP contribution in [0.4, 0.5) is 5.82 Å². The van der Waals surface area contributed by atoms with E-state index in [4.69, 9.17) is 5.11 Å². The van der Waals surface area contributed by atoms with Gasteiger partial charge >= 0.3 is 0 Å². The van der Waals surface area contributed by atoms with Gasteiger partial charge in [0.15, 0.2) is 0 Å². The SMILES string of the molecule is Cl.O=C(Nc1cc(CSCCO)ccn1)C1CCCN1. The van der Waals surface area contributed by atoms with Gasteiger partial charge < -0.3 is 15.7 Å². The molecule has 7 heteroatoms. The van der Waals surface area contributed by atoms with E-state index in [0.717, 1.165) is 36.5 Å². The number of rotatable bonds is 6. The zero-order chi connectivity index (χ0) is 13.5. The average molecular weight is 318 g/mol. The Hall–Kier alpha value is -0.820. The van der Waals surface area contributed by atoms with Crippen molar-refractivity contribution in [2.75, 3.05) is 24.2 Å². The predicted octanol–water partition coefficient (Wildman–Crippen LogP) is 1.42. The fourth-order valence-electron chi connectivity index (χ4n) is 2.01. The molecule has 0 saturated carbocycles. The first-order valence-electron chi connectivity index (χ1n) is 6.47. The van der Waals surface area contributed by atoms with Crippen LogP contribution in [-0.2, 0) is 10.5 Å². The minimum Gasteiger partial charge on any atom is -0.396 e. The molecule has 1 unspecified atom stereocenters. The highest BCUT2D eigenvalue weighted by Crippen LogP contribution is 2.15. The van der Waals surface area contributed by atoms with Crippen LogP contribution >= 0.6 is 24.2 Å². The highest BCUT2D eigenvalue weighted by atomic mass is 35.5. The molecule has 1 aromatic rings. The van der Waals surface area contributed by atoms with Crippen molar-refractivity contribution in [2.24, 2.45) is 0 Å². The van der Waals surface area contributed by atoms with Crippen LogP contribution in [-0.4, -0.2) is 40.9 Å². The lowest BCUT2D eigenvalue weighted by Crippen LogP contribution is -2.35. The summed E-state index contributed by atoms with van der Waals surface area (Å²) in [6.07, 6.45) is 3.63. The zero-order valence-corrected chi connectivity index (χ0v) is 12.8. The van der Waals surface area contributed by atoms with Gasteiger partial charge in [-0.15, -0.1) is 12.4 Å². The number of aliphatic hydroxyl groups excluding tert-OH is 1. The molecule has 0 aliphatic carbocycles. The molecule has 1 aliphatic rings. The summed E-state index contributed by atoms with van der Waals surface area (Å²) in [4.78, 5) is 16.1. The highest BCUT2D eigenvalue weighted by Gasteiger charge is 2.22. The second-order valence-corrected chi connectivity index (χ2v) is 5.57. The third-order valence-corrected chi connectivity index (χ3v) is 3.97. The smallest absolute Gasteiger partial charge is 0.242 e. The largest absolute Gasteiger partial charge is 0.396 e. The van der Waals surface area contributed by atoms with Gasteiger partial charge in [0.2, 0.25) is 5.91 Å². The van der Waals surface area contributed by atoms with Crippen molar-refractivity contribution in [3.05, 3.63) is 23.9 Å². The van der Waals surface area contributed by atoms with E-state index in [2.05, 4.69) is 15.6 Å². The molecule has 0 spiro atoms. The normalized spacial score (nSPS) is 17.6. The number of halogens is 1. The minimum atomic E-state index is -0.0887. The van der Waals surface area contributed by atoms with E-state index in [1.54, 1.807) is 18.0 Å². The average Bonchev–Trinajstić information content (AvgIpc) is 2.93. The number of carbonyl (C=O) groups is 1. The van der Waals surface area contributed by atoms with Crippen LogP contribution in [0.2, 0.25) is 0 Å². The van der Waals surface area contributed by atoms with Gasteiger partial charge in [0.25, 0.3) is 0 Å². The number of aliphatic hydroxyl groups is 1. The Labute approximate surface area is 129 Å². The molecule has 1 amide bonds. The molecule has 2 rings (SSSR count). The van der Waals surface area contributed by atoms with E-state index in [9.17, 15) is 4.79 Å². The Bertz CT molecular complexity index is 428. The summed E-state index contributed by atoms with van der Waals surface area (Å²) < 4.78 is 0. The Morgan fingerprint density at radius 3 is 3.15 bits per heavy atom. The van der Waals surface area contributed by atoms with E-state index in [0.29, 0.717) is 5.82 Å². The summed E-state index contributed by atoms with van der Waals surface area (Å²) in [6.45, 7) is 1.09. The number of carbonyl (C=O) groups excluding carboxylic acids is 1. The molecule has 1 aromatic heterocycles. The van der Waals surface area contributed by atoms with Crippen molar-refractivity contribution < 1.29 is 9.90 Å². The monoisotopic (exact) mass is 317 g/mol. The van der Waals surface area contributed by atoms with E-state index in [1.165, 1.54) is 0 Å². The van der Waals surface area contributed by atoms with Crippen LogP contribution in [0.1, 0.15) is 18.4 Å². The molecule has 0 aromatic carbocycles. The van der Waals surface area contributed by atoms with E-state index >= 15 is 0 Å². The first-order chi connectivity index (χ1) is 9.29. The molecule has 5 nitrogen and oxygen atoms in total. The summed E-state index contributed by atoms with van der Waals surface area (Å²) in [6, 6.07) is 3.72. The molecule has 0 radical (unpaired) electrons. The molecule has 20 heavy (non-hydrogen) atoms. The van der Waals surface area contributed by atoms with Crippen LogP contribution in [0.25, 0.3) is 0 Å². The fraction of sp³-hybridized carbons (Fsp3) is 0.538. The summed E-state index contributed by atoms with van der Waals surface area (Å²) in [5.74, 6) is 2.12. The number of nitrogens with zero attached hydrogens (tertiary/aromatic N) is 1. The highest BCUT2D eigenvalue weighted by molar-refractivity contribution is 7.98. The van der Waals surface area contributed by atoms with E-state index in [1.807, 2.05) is 12.1 Å². The molecule has 112 valence electrons. The first kappa shape index (κ1) is 17.2. The number of hydrogen-bond acceptors (Lipinski definition) is 5. The van der Waals surface area contributed by atoms with E-state index in [-0.39, 0.29) is 31.0 Å². The lowest BCUT2D eigenvalue weighted by molar-refractivity contribution is -0.117. The Morgan fingerprint density at radius 2 is 2.45 bits per heavy atom. The number of hydrogen-bond donors (Lipinski definition) is 3. The predicted molar refractivity (Wildman–Crippen MR) is 84.4 cm³/mol. The number of pyridine rings is 1. The van der Waals surface area contributed by atoms with Gasteiger partial charge in [0.05, 0.1) is 12.6 Å². The van der Waals surface area contributed by atoms with Crippen molar-refractivity contribution in [3.8, 4) is 0 Å². The standard InChI is InChI=1S/C13H19N3O2S.ClH/c17-6-7-19-9-10-3-5-15-12(8-10)16-13(18)11-2-1-4-14-11;/h3,5,8,11,14,17H,1-2,4,6-7,9H2,(H,15,16,18);1H. The molecule has 1 aliphatic heterocycles. The third kappa shape index (κ3) is 5.28. The molecular weight excluding hydrogens is 298 g/mol. The number of thioether (sulfide) groups is 1. The maximum Gasteiger partial charge on any atom is 0.242 e. The molecule has 0 bridgehead atoms. The van der Waals surface area contributed by atoms with Crippen molar-refractivity contribution in [3.63, 3.8) is 0 Å². The van der Waals surface area contributed by atoms with Crippen molar-refractivity contribution in [2.45, 2.75) is 24.6 Å². The zero-order valence-electron chi connectivity index (χ0n) is 11.2. The third-order valence-electron chi connectivity index (χ3n) is 2.96. The topological polar surface area (TPSA) is 74.2 Å². The molecule has 1 atom stereocenters. The lowest BCUT2D eigenvalue weighted by atomic mass is 10.2. The van der Waals surface area contributed by atoms with Crippen molar-refractivity contribution in [1.82, 2.24) is 10.3 Å². The van der Waals surface area contributed by atoms with Crippen molar-refractivity contribution in [1.29, 1.82) is 0 Å². The van der Waals surface area contributed by atoms with Crippen LogP contribution in [0.3, 0.4) is 0 Å². The van der Waals surface area contributed by atoms with Gasteiger partial charge in [-0.2, -0.15) is 11.8 Å². The molecule has 1 fully saturated rings. The number of aromatic nitrogens is 1. The molecular formula is C13H20ClN3O2S. The Balaban J connectivity index is 0.00000200. The van der Waals surface area contributed by atoms with Crippen LogP contribution < -0.4 is 10.6 Å². The molecule has 1 saturated heterocycles. The summed E-state index contributed by atoms with van der Waals surface area (Å²) in [7, 11) is 0. The van der Waals surface area contributed by atoms with Gasteiger partial charge in [-0.3, -0.25) is 4.79 Å². The maximum absolute atomic E-state index is 11.9.